The Labute approximate surface area is 222 Å². The number of hydrogen-bond acceptors (Lipinski definition) is 7. The number of aliphatic hydroxyl groups is 1. The number of Topliss-reactive ketones (excluding diaryl/α,β-unsaturated/α-hetero) is 1. The highest BCUT2D eigenvalue weighted by atomic mass is 16.5. The summed E-state index contributed by atoms with van der Waals surface area (Å²) in [5, 5.41) is 11.6. The normalized spacial score (nSPS) is 16.5. The Kier molecular flexibility index (Phi) is 7.62. The van der Waals surface area contributed by atoms with E-state index in [1.54, 1.807) is 42.5 Å². The van der Waals surface area contributed by atoms with E-state index >= 15 is 0 Å². The van der Waals surface area contributed by atoms with Gasteiger partial charge in [-0.3, -0.25) is 14.5 Å². The molecule has 1 aliphatic heterocycles. The van der Waals surface area contributed by atoms with Crippen LogP contribution in [0.1, 0.15) is 35.2 Å². The molecule has 1 atom stereocenters. The Balaban J connectivity index is 2.00. The molecule has 3 aromatic rings. The fraction of sp³-hybridized carbons (Fsp3) is 0.267. The van der Waals surface area contributed by atoms with Crippen LogP contribution in [0.5, 0.6) is 23.0 Å². The van der Waals surface area contributed by atoms with E-state index < -0.39 is 17.7 Å². The first-order chi connectivity index (χ1) is 18.2. The zero-order valence-electron chi connectivity index (χ0n) is 22.3. The average Bonchev–Trinajstić information content (AvgIpc) is 3.19. The lowest BCUT2D eigenvalue weighted by Gasteiger charge is -2.27. The van der Waals surface area contributed by atoms with Crippen LogP contribution in [0.25, 0.3) is 5.76 Å². The van der Waals surface area contributed by atoms with Crippen LogP contribution in [0.15, 0.2) is 60.2 Å². The second kappa shape index (κ2) is 10.9. The predicted molar refractivity (Wildman–Crippen MR) is 144 cm³/mol. The molecule has 1 N–H and O–H groups in total. The van der Waals surface area contributed by atoms with E-state index in [9.17, 15) is 14.7 Å². The van der Waals surface area contributed by atoms with Crippen molar-refractivity contribution in [3.05, 3.63) is 82.4 Å². The van der Waals surface area contributed by atoms with Crippen molar-refractivity contribution >= 4 is 23.1 Å². The molecule has 1 aliphatic rings. The molecule has 0 radical (unpaired) electrons. The van der Waals surface area contributed by atoms with Gasteiger partial charge in [0.15, 0.2) is 11.5 Å². The van der Waals surface area contributed by atoms with Crippen LogP contribution in [0, 0.1) is 13.8 Å². The van der Waals surface area contributed by atoms with Gasteiger partial charge in [-0.25, -0.2) is 0 Å². The zero-order chi connectivity index (χ0) is 27.6. The van der Waals surface area contributed by atoms with Gasteiger partial charge in [0.2, 0.25) is 0 Å². The van der Waals surface area contributed by atoms with Crippen LogP contribution in [0.3, 0.4) is 0 Å². The van der Waals surface area contributed by atoms with Gasteiger partial charge in [-0.1, -0.05) is 12.1 Å². The number of carbonyl (C=O) groups is 2. The van der Waals surface area contributed by atoms with E-state index in [0.717, 1.165) is 11.1 Å². The summed E-state index contributed by atoms with van der Waals surface area (Å²) >= 11 is 0. The third-order valence-electron chi connectivity index (χ3n) is 6.68. The van der Waals surface area contributed by atoms with Gasteiger partial charge in [-0.05, 0) is 73.9 Å². The minimum atomic E-state index is -0.936. The summed E-state index contributed by atoms with van der Waals surface area (Å²) in [6.45, 7) is 6.15. The van der Waals surface area contributed by atoms with Crippen LogP contribution < -0.4 is 23.8 Å². The number of anilines is 1. The van der Waals surface area contributed by atoms with Gasteiger partial charge in [0, 0.05) is 11.8 Å². The molecule has 0 saturated carbocycles. The number of aliphatic hydroxyl groups excluding tert-OH is 1. The Morgan fingerprint density at radius 1 is 0.842 bits per heavy atom. The van der Waals surface area contributed by atoms with Crippen LogP contribution in [0.2, 0.25) is 0 Å². The summed E-state index contributed by atoms with van der Waals surface area (Å²) in [5.41, 5.74) is 3.31. The number of ether oxygens (including phenoxy) is 4. The number of hydrogen-bond donors (Lipinski definition) is 1. The Morgan fingerprint density at radius 2 is 1.58 bits per heavy atom. The second-order valence-electron chi connectivity index (χ2n) is 8.85. The number of rotatable bonds is 8. The average molecular weight is 518 g/mol. The van der Waals surface area contributed by atoms with Crippen molar-refractivity contribution in [3.8, 4) is 23.0 Å². The number of methoxy groups -OCH3 is 3. The fourth-order valence-electron chi connectivity index (χ4n) is 4.56. The molecular weight excluding hydrogens is 486 g/mol. The molecule has 1 unspecified atom stereocenters. The topological polar surface area (TPSA) is 94.5 Å². The molecule has 0 bridgehead atoms. The summed E-state index contributed by atoms with van der Waals surface area (Å²) in [7, 11) is 4.51. The van der Waals surface area contributed by atoms with Gasteiger partial charge in [0.1, 0.15) is 17.3 Å². The summed E-state index contributed by atoms with van der Waals surface area (Å²) in [4.78, 5) is 28.5. The summed E-state index contributed by atoms with van der Waals surface area (Å²) in [6, 6.07) is 14.6. The quantitative estimate of drug-likeness (QED) is 0.244. The van der Waals surface area contributed by atoms with Crippen molar-refractivity contribution in [1.29, 1.82) is 0 Å². The summed E-state index contributed by atoms with van der Waals surface area (Å²) in [6.07, 6.45) is 0. The Bertz CT molecular complexity index is 1430. The van der Waals surface area contributed by atoms with Crippen molar-refractivity contribution in [2.24, 2.45) is 0 Å². The maximum Gasteiger partial charge on any atom is 0.300 e. The van der Waals surface area contributed by atoms with Gasteiger partial charge in [-0.15, -0.1) is 0 Å². The maximum atomic E-state index is 13.6. The third-order valence-corrected chi connectivity index (χ3v) is 6.68. The molecule has 8 nitrogen and oxygen atoms in total. The Hall–Kier alpha value is -4.46. The molecule has 0 aliphatic carbocycles. The van der Waals surface area contributed by atoms with Crippen LogP contribution in [-0.4, -0.2) is 44.7 Å². The van der Waals surface area contributed by atoms with Crippen molar-refractivity contribution in [1.82, 2.24) is 0 Å². The van der Waals surface area contributed by atoms with Crippen LogP contribution in [-0.2, 0) is 9.59 Å². The van der Waals surface area contributed by atoms with Gasteiger partial charge in [-0.2, -0.15) is 0 Å². The van der Waals surface area contributed by atoms with E-state index in [-0.39, 0.29) is 16.9 Å². The molecule has 198 valence electrons. The third kappa shape index (κ3) is 4.65. The van der Waals surface area contributed by atoms with Crippen LogP contribution >= 0.6 is 0 Å². The minimum Gasteiger partial charge on any atom is -0.507 e. The summed E-state index contributed by atoms with van der Waals surface area (Å²) in [5.74, 6) is -0.132. The van der Waals surface area contributed by atoms with E-state index in [2.05, 4.69) is 0 Å². The SMILES string of the molecule is CCOc1cc(C2/C(=C(\O)c3ccc(OC)cc3OC)C(=O)C(=O)N2c2ccc(C)c(C)c2)ccc1OC. The van der Waals surface area contributed by atoms with E-state index in [4.69, 9.17) is 18.9 Å². The highest BCUT2D eigenvalue weighted by Gasteiger charge is 2.47. The zero-order valence-corrected chi connectivity index (χ0v) is 22.3. The number of nitrogens with zero attached hydrogens (tertiary/aromatic N) is 1. The highest BCUT2D eigenvalue weighted by Crippen LogP contribution is 2.45. The van der Waals surface area contributed by atoms with Crippen molar-refractivity contribution in [3.63, 3.8) is 0 Å². The first-order valence-corrected chi connectivity index (χ1v) is 12.2. The minimum absolute atomic E-state index is 0.0655. The molecule has 1 amide bonds. The van der Waals surface area contributed by atoms with Crippen molar-refractivity contribution < 1.29 is 33.6 Å². The standard InChI is InChI=1S/C30H31NO7/c1-7-38-25-15-19(9-13-23(25)36-5)27-26(28(32)22-12-11-21(35-4)16-24(22)37-6)29(33)30(34)31(27)20-10-8-17(2)18(3)14-20/h8-16,27,32H,7H2,1-6H3/b28-26+. The fourth-order valence-corrected chi connectivity index (χ4v) is 4.56. The first kappa shape index (κ1) is 26.6. The molecule has 38 heavy (non-hydrogen) atoms. The molecule has 1 saturated heterocycles. The lowest BCUT2D eigenvalue weighted by Crippen LogP contribution is -2.29. The molecule has 1 fully saturated rings. The lowest BCUT2D eigenvalue weighted by atomic mass is 9.94. The van der Waals surface area contributed by atoms with E-state index in [1.807, 2.05) is 32.9 Å². The molecule has 4 rings (SSSR count). The maximum absolute atomic E-state index is 13.6. The molecule has 3 aromatic carbocycles. The van der Waals surface area contributed by atoms with Gasteiger partial charge in [0.05, 0.1) is 45.1 Å². The first-order valence-electron chi connectivity index (χ1n) is 12.2. The summed E-state index contributed by atoms with van der Waals surface area (Å²) < 4.78 is 21.9. The molecular formula is C30H31NO7. The van der Waals surface area contributed by atoms with Crippen molar-refractivity contribution in [2.75, 3.05) is 32.8 Å². The number of ketones is 1. The number of benzene rings is 3. The smallest absolute Gasteiger partial charge is 0.300 e. The lowest BCUT2D eigenvalue weighted by molar-refractivity contribution is -0.132. The van der Waals surface area contributed by atoms with Gasteiger partial charge >= 0.3 is 0 Å². The molecule has 0 spiro atoms. The van der Waals surface area contributed by atoms with Gasteiger partial charge in [0.25, 0.3) is 11.7 Å². The molecule has 1 heterocycles. The van der Waals surface area contributed by atoms with E-state index in [1.165, 1.54) is 26.2 Å². The van der Waals surface area contributed by atoms with Crippen LogP contribution in [0.4, 0.5) is 5.69 Å². The van der Waals surface area contributed by atoms with Crippen molar-refractivity contribution in [2.45, 2.75) is 26.8 Å². The Morgan fingerprint density at radius 3 is 2.21 bits per heavy atom. The predicted octanol–water partition coefficient (Wildman–Crippen LogP) is 5.35. The largest absolute Gasteiger partial charge is 0.507 e. The molecule has 8 heteroatoms. The number of amides is 1. The number of aryl methyl sites for hydroxylation is 2. The molecule has 0 aromatic heterocycles. The van der Waals surface area contributed by atoms with Gasteiger partial charge < -0.3 is 24.1 Å². The number of carbonyl (C=O) groups excluding carboxylic acids is 2. The second-order valence-corrected chi connectivity index (χ2v) is 8.85. The monoisotopic (exact) mass is 517 g/mol. The highest BCUT2D eigenvalue weighted by molar-refractivity contribution is 6.51. The van der Waals surface area contributed by atoms with E-state index in [0.29, 0.717) is 40.9 Å².